The van der Waals surface area contributed by atoms with E-state index in [1.165, 1.54) is 28.3 Å². The van der Waals surface area contributed by atoms with Gasteiger partial charge in [0.05, 0.1) is 5.03 Å². The second-order valence-corrected chi connectivity index (χ2v) is 5.57. The monoisotopic (exact) mass is 193 g/mol. The van der Waals surface area contributed by atoms with E-state index in [-0.39, 0.29) is 5.41 Å². The molecule has 1 aromatic rings. The Hall–Kier alpha value is -0.500. The van der Waals surface area contributed by atoms with Gasteiger partial charge < -0.3 is 0 Å². The minimum atomic E-state index is 0.262. The molecule has 0 radical (unpaired) electrons. The minimum absolute atomic E-state index is 0.262. The number of fused-ring (bicyclic) bond motifs is 1. The molecular weight excluding hydrogens is 178 g/mol. The number of hydrogen-bond donors (Lipinski definition) is 0. The van der Waals surface area contributed by atoms with Crippen LogP contribution in [0.1, 0.15) is 31.9 Å². The molecule has 0 aromatic carbocycles. The predicted molar refractivity (Wildman–Crippen MR) is 57.4 cm³/mol. The zero-order chi connectivity index (χ0) is 9.47. The molecule has 1 aromatic heterocycles. The number of nitrogens with zero attached hydrogens (tertiary/aromatic N) is 1. The summed E-state index contributed by atoms with van der Waals surface area (Å²) in [5.74, 6) is 1.20. The van der Waals surface area contributed by atoms with E-state index in [0.717, 1.165) is 0 Å². The first kappa shape index (κ1) is 9.07. The summed E-state index contributed by atoms with van der Waals surface area (Å²) in [6, 6.07) is 2.17. The molecule has 0 fully saturated rings. The van der Waals surface area contributed by atoms with E-state index in [1.807, 2.05) is 18.0 Å². The highest BCUT2D eigenvalue weighted by molar-refractivity contribution is 7.99. The topological polar surface area (TPSA) is 12.9 Å². The lowest BCUT2D eigenvalue weighted by Gasteiger charge is -2.21. The first-order valence-electron chi connectivity index (χ1n) is 4.70. The maximum atomic E-state index is 4.40. The van der Waals surface area contributed by atoms with Crippen molar-refractivity contribution in [1.29, 1.82) is 0 Å². The highest BCUT2D eigenvalue weighted by Crippen LogP contribution is 2.36. The Bertz CT molecular complexity index is 325. The van der Waals surface area contributed by atoms with Crippen LogP contribution in [-0.2, 0) is 11.8 Å². The molecular formula is C11H15NS. The van der Waals surface area contributed by atoms with E-state index in [9.17, 15) is 0 Å². The lowest BCUT2D eigenvalue weighted by molar-refractivity contribution is 0.579. The average Bonchev–Trinajstić information content (AvgIpc) is 2.48. The first-order chi connectivity index (χ1) is 6.09. The van der Waals surface area contributed by atoms with E-state index in [1.54, 1.807) is 0 Å². The van der Waals surface area contributed by atoms with Gasteiger partial charge in [0.2, 0.25) is 0 Å². The van der Waals surface area contributed by atoms with E-state index < -0.39 is 0 Å². The van der Waals surface area contributed by atoms with Gasteiger partial charge in [-0.2, -0.15) is 0 Å². The fourth-order valence-electron chi connectivity index (χ4n) is 1.79. The van der Waals surface area contributed by atoms with Crippen LogP contribution >= 0.6 is 11.8 Å². The van der Waals surface area contributed by atoms with Crippen molar-refractivity contribution in [2.24, 2.45) is 0 Å². The summed E-state index contributed by atoms with van der Waals surface area (Å²) < 4.78 is 0. The fraction of sp³-hybridized carbons (Fsp3) is 0.545. The van der Waals surface area contributed by atoms with Crippen molar-refractivity contribution in [3.05, 3.63) is 23.4 Å². The summed E-state index contributed by atoms with van der Waals surface area (Å²) >= 11 is 1.89. The lowest BCUT2D eigenvalue weighted by atomic mass is 9.84. The number of aromatic nitrogens is 1. The fourth-order valence-corrected chi connectivity index (χ4v) is 2.81. The number of pyridine rings is 1. The Morgan fingerprint density at radius 1 is 1.38 bits per heavy atom. The second-order valence-electron chi connectivity index (χ2n) is 4.49. The van der Waals surface area contributed by atoms with Gasteiger partial charge in [-0.05, 0) is 29.0 Å². The summed E-state index contributed by atoms with van der Waals surface area (Å²) in [6.45, 7) is 6.81. The molecule has 0 bridgehead atoms. The van der Waals surface area contributed by atoms with E-state index in [2.05, 4.69) is 31.8 Å². The molecule has 0 aliphatic carbocycles. The van der Waals surface area contributed by atoms with Gasteiger partial charge in [-0.25, -0.2) is 4.98 Å². The van der Waals surface area contributed by atoms with Crippen LogP contribution in [-0.4, -0.2) is 10.7 Å². The molecule has 0 amide bonds. The Morgan fingerprint density at radius 2 is 2.15 bits per heavy atom. The maximum Gasteiger partial charge on any atom is 0.0995 e. The van der Waals surface area contributed by atoms with Crippen molar-refractivity contribution in [3.8, 4) is 0 Å². The van der Waals surface area contributed by atoms with Crippen molar-refractivity contribution in [1.82, 2.24) is 4.98 Å². The molecule has 0 atom stereocenters. The number of thioether (sulfide) groups is 1. The van der Waals surface area contributed by atoms with Gasteiger partial charge in [-0.3, -0.25) is 0 Å². The summed E-state index contributed by atoms with van der Waals surface area (Å²) in [4.78, 5) is 4.40. The van der Waals surface area contributed by atoms with Crippen LogP contribution in [0, 0.1) is 0 Å². The van der Waals surface area contributed by atoms with Crippen LogP contribution in [0.5, 0.6) is 0 Å². The van der Waals surface area contributed by atoms with Gasteiger partial charge in [0.15, 0.2) is 0 Å². The minimum Gasteiger partial charge on any atom is -0.250 e. The first-order valence-corrected chi connectivity index (χ1v) is 5.69. The van der Waals surface area contributed by atoms with E-state index in [0.29, 0.717) is 0 Å². The highest BCUT2D eigenvalue weighted by Gasteiger charge is 2.23. The normalized spacial score (nSPS) is 15.9. The highest BCUT2D eigenvalue weighted by atomic mass is 32.2. The Kier molecular flexibility index (Phi) is 2.11. The molecule has 1 aliphatic heterocycles. The van der Waals surface area contributed by atoms with Crippen LogP contribution < -0.4 is 0 Å². The maximum absolute atomic E-state index is 4.40. The standard InChI is InChI=1S/C11H15NS/c1-11(2,3)9-4-6-12-10-8(9)5-7-13-10/h4,6H,5,7H2,1-3H3. The van der Waals surface area contributed by atoms with Gasteiger partial charge in [-0.15, -0.1) is 11.8 Å². The van der Waals surface area contributed by atoms with Crippen LogP contribution in [0.2, 0.25) is 0 Å². The van der Waals surface area contributed by atoms with Gasteiger partial charge >= 0.3 is 0 Å². The Labute approximate surface area is 84.0 Å². The third-order valence-corrected chi connectivity index (χ3v) is 3.45. The van der Waals surface area contributed by atoms with Crippen molar-refractivity contribution < 1.29 is 0 Å². The molecule has 2 rings (SSSR count). The molecule has 0 saturated heterocycles. The van der Waals surface area contributed by atoms with Crippen LogP contribution in [0.25, 0.3) is 0 Å². The summed E-state index contributed by atoms with van der Waals surface area (Å²) in [7, 11) is 0. The third kappa shape index (κ3) is 1.60. The average molecular weight is 193 g/mol. The predicted octanol–water partition coefficient (Wildman–Crippen LogP) is 3.03. The molecule has 13 heavy (non-hydrogen) atoms. The van der Waals surface area contributed by atoms with Crippen molar-refractivity contribution in [3.63, 3.8) is 0 Å². The van der Waals surface area contributed by atoms with Crippen LogP contribution in [0.3, 0.4) is 0 Å². The zero-order valence-electron chi connectivity index (χ0n) is 8.42. The molecule has 0 N–H and O–H groups in total. The van der Waals surface area contributed by atoms with Gasteiger partial charge in [0.1, 0.15) is 0 Å². The van der Waals surface area contributed by atoms with E-state index >= 15 is 0 Å². The molecule has 1 nitrogen and oxygen atoms in total. The molecule has 0 unspecified atom stereocenters. The van der Waals surface area contributed by atoms with Gasteiger partial charge in [-0.1, -0.05) is 20.8 Å². The zero-order valence-corrected chi connectivity index (χ0v) is 9.24. The summed E-state index contributed by atoms with van der Waals surface area (Å²) in [5, 5.41) is 1.26. The van der Waals surface area contributed by atoms with Gasteiger partial charge in [0.25, 0.3) is 0 Å². The largest absolute Gasteiger partial charge is 0.250 e. The SMILES string of the molecule is CC(C)(C)c1ccnc2c1CCS2. The molecule has 2 heterocycles. The van der Waals surface area contributed by atoms with Crippen LogP contribution in [0.4, 0.5) is 0 Å². The lowest BCUT2D eigenvalue weighted by Crippen LogP contribution is -2.14. The summed E-state index contributed by atoms with van der Waals surface area (Å²) in [5.41, 5.74) is 3.22. The third-order valence-electron chi connectivity index (χ3n) is 2.42. The second kappa shape index (κ2) is 3.02. The van der Waals surface area contributed by atoms with Crippen molar-refractivity contribution in [2.45, 2.75) is 37.6 Å². The quantitative estimate of drug-likeness (QED) is 0.628. The number of hydrogen-bond acceptors (Lipinski definition) is 2. The van der Waals surface area contributed by atoms with Crippen molar-refractivity contribution in [2.75, 3.05) is 5.75 Å². The molecule has 0 spiro atoms. The Balaban J connectivity index is 2.54. The van der Waals surface area contributed by atoms with Gasteiger partial charge in [0, 0.05) is 11.9 Å². The Morgan fingerprint density at radius 3 is 2.85 bits per heavy atom. The molecule has 70 valence electrons. The molecule has 0 saturated carbocycles. The molecule has 2 heteroatoms. The smallest absolute Gasteiger partial charge is 0.0995 e. The van der Waals surface area contributed by atoms with Crippen molar-refractivity contribution >= 4 is 11.8 Å². The number of rotatable bonds is 0. The molecule has 1 aliphatic rings. The summed E-state index contributed by atoms with van der Waals surface area (Å²) in [6.07, 6.45) is 3.14. The van der Waals surface area contributed by atoms with E-state index in [4.69, 9.17) is 0 Å². The van der Waals surface area contributed by atoms with Crippen LogP contribution in [0.15, 0.2) is 17.3 Å².